The fourth-order valence-electron chi connectivity index (χ4n) is 1.42. The molecule has 1 aromatic carbocycles. The van der Waals surface area contributed by atoms with Crippen molar-refractivity contribution >= 4 is 5.91 Å². The van der Waals surface area contributed by atoms with Gasteiger partial charge in [-0.1, -0.05) is 30.3 Å². The van der Waals surface area contributed by atoms with Crippen molar-refractivity contribution in [2.24, 2.45) is 0 Å². The van der Waals surface area contributed by atoms with E-state index in [4.69, 9.17) is 5.26 Å². The highest BCUT2D eigenvalue weighted by Crippen LogP contribution is 1.97. The molecule has 0 aromatic heterocycles. The van der Waals surface area contributed by atoms with E-state index in [9.17, 15) is 4.79 Å². The molecule has 0 saturated heterocycles. The third-order valence-corrected chi connectivity index (χ3v) is 2.35. The minimum absolute atomic E-state index is 0.0192. The molecular weight excluding hydrogens is 214 g/mol. The Bertz CT molecular complexity index is 383. The van der Waals surface area contributed by atoms with Crippen molar-refractivity contribution in [3.05, 3.63) is 35.9 Å². The molecule has 0 saturated carbocycles. The van der Waals surface area contributed by atoms with E-state index >= 15 is 0 Å². The molecule has 1 amide bonds. The van der Waals surface area contributed by atoms with Crippen LogP contribution in [0.5, 0.6) is 0 Å². The van der Waals surface area contributed by atoms with Crippen molar-refractivity contribution in [3.8, 4) is 6.07 Å². The Morgan fingerprint density at radius 1 is 1.41 bits per heavy atom. The summed E-state index contributed by atoms with van der Waals surface area (Å²) < 4.78 is 0. The number of hydrogen-bond donors (Lipinski definition) is 1. The van der Waals surface area contributed by atoms with Gasteiger partial charge in [-0.2, -0.15) is 5.26 Å². The lowest BCUT2D eigenvalue weighted by Gasteiger charge is -2.14. The number of amides is 1. The molecule has 1 aromatic rings. The molecule has 0 heterocycles. The van der Waals surface area contributed by atoms with Crippen LogP contribution < -0.4 is 5.32 Å². The molecule has 0 atom stereocenters. The summed E-state index contributed by atoms with van der Waals surface area (Å²) >= 11 is 0. The Morgan fingerprint density at radius 3 is 2.76 bits per heavy atom. The summed E-state index contributed by atoms with van der Waals surface area (Å²) in [4.78, 5) is 13.4. The summed E-state index contributed by atoms with van der Waals surface area (Å²) in [5, 5.41) is 11.3. The normalized spacial score (nSPS) is 9.94. The maximum atomic E-state index is 11.6. The molecule has 90 valence electrons. The predicted molar refractivity (Wildman–Crippen MR) is 66.0 cm³/mol. The lowest BCUT2D eigenvalue weighted by atomic mass is 10.2. The molecule has 4 heteroatoms. The summed E-state index contributed by atoms with van der Waals surface area (Å²) in [6.07, 6.45) is 0.447. The number of rotatable bonds is 6. The molecule has 0 spiro atoms. The van der Waals surface area contributed by atoms with Gasteiger partial charge in [0.05, 0.1) is 12.6 Å². The Kier molecular flexibility index (Phi) is 5.76. The topological polar surface area (TPSA) is 56.1 Å². The monoisotopic (exact) mass is 231 g/mol. The first-order valence-corrected chi connectivity index (χ1v) is 5.58. The van der Waals surface area contributed by atoms with E-state index in [-0.39, 0.29) is 5.91 Å². The molecule has 0 aliphatic carbocycles. The number of carbonyl (C=O) groups excluding carboxylic acids is 1. The fraction of sp³-hybridized carbons (Fsp3) is 0.385. The highest BCUT2D eigenvalue weighted by molar-refractivity contribution is 5.77. The van der Waals surface area contributed by atoms with E-state index in [1.54, 1.807) is 0 Å². The van der Waals surface area contributed by atoms with Crippen LogP contribution in [0, 0.1) is 11.3 Å². The van der Waals surface area contributed by atoms with E-state index in [1.165, 1.54) is 0 Å². The zero-order valence-electron chi connectivity index (χ0n) is 10.0. The lowest BCUT2D eigenvalue weighted by Crippen LogP contribution is -2.35. The number of hydrogen-bond acceptors (Lipinski definition) is 3. The standard InChI is InChI=1S/C13H17N3O/c1-16(9-5-8-14)11-13(17)15-10-12-6-3-2-4-7-12/h2-4,6-7H,5,9-11H2,1H3,(H,15,17). The molecule has 0 fully saturated rings. The van der Waals surface area contributed by atoms with Gasteiger partial charge in [-0.3, -0.25) is 9.69 Å². The number of nitrogens with zero attached hydrogens (tertiary/aromatic N) is 2. The fourth-order valence-corrected chi connectivity index (χ4v) is 1.42. The van der Waals surface area contributed by atoms with Crippen molar-refractivity contribution in [2.75, 3.05) is 20.1 Å². The van der Waals surface area contributed by atoms with Gasteiger partial charge >= 0.3 is 0 Å². The van der Waals surface area contributed by atoms with Gasteiger partial charge in [-0.15, -0.1) is 0 Å². The molecule has 1 N–H and O–H groups in total. The first-order valence-electron chi connectivity index (χ1n) is 5.58. The highest BCUT2D eigenvalue weighted by Gasteiger charge is 2.05. The third-order valence-electron chi connectivity index (χ3n) is 2.35. The largest absolute Gasteiger partial charge is 0.351 e. The summed E-state index contributed by atoms with van der Waals surface area (Å²) in [5.74, 6) is -0.0192. The van der Waals surface area contributed by atoms with Gasteiger partial charge in [-0.25, -0.2) is 0 Å². The quantitative estimate of drug-likeness (QED) is 0.799. The van der Waals surface area contributed by atoms with Gasteiger partial charge in [-0.05, 0) is 12.6 Å². The number of nitriles is 1. The first kappa shape index (κ1) is 13.2. The van der Waals surface area contributed by atoms with Gasteiger partial charge < -0.3 is 5.32 Å². The Hall–Kier alpha value is -1.86. The molecule has 4 nitrogen and oxygen atoms in total. The maximum absolute atomic E-state index is 11.6. The van der Waals surface area contributed by atoms with Crippen molar-refractivity contribution in [2.45, 2.75) is 13.0 Å². The van der Waals surface area contributed by atoms with E-state index in [1.807, 2.05) is 42.3 Å². The maximum Gasteiger partial charge on any atom is 0.234 e. The van der Waals surface area contributed by atoms with Crippen LogP contribution in [-0.2, 0) is 11.3 Å². The first-order chi connectivity index (χ1) is 8.22. The van der Waals surface area contributed by atoms with Crippen LogP contribution in [0.15, 0.2) is 30.3 Å². The predicted octanol–water partition coefficient (Wildman–Crippen LogP) is 1.15. The summed E-state index contributed by atoms with van der Waals surface area (Å²) in [6, 6.07) is 11.8. The second-order valence-electron chi connectivity index (χ2n) is 3.91. The Labute approximate surface area is 102 Å². The van der Waals surface area contributed by atoms with Crippen LogP contribution in [-0.4, -0.2) is 30.9 Å². The summed E-state index contributed by atoms with van der Waals surface area (Å²) in [5.41, 5.74) is 1.08. The molecule has 0 radical (unpaired) electrons. The zero-order chi connectivity index (χ0) is 12.5. The second-order valence-corrected chi connectivity index (χ2v) is 3.91. The number of carbonyl (C=O) groups is 1. The molecular formula is C13H17N3O. The minimum atomic E-state index is -0.0192. The Morgan fingerprint density at radius 2 is 2.12 bits per heavy atom. The molecule has 0 bridgehead atoms. The molecule has 1 rings (SSSR count). The van der Waals surface area contributed by atoms with Gasteiger partial charge in [0.1, 0.15) is 0 Å². The van der Waals surface area contributed by atoms with Crippen LogP contribution in [0.1, 0.15) is 12.0 Å². The minimum Gasteiger partial charge on any atom is -0.351 e. The average molecular weight is 231 g/mol. The van der Waals surface area contributed by atoms with Crippen molar-refractivity contribution in [1.29, 1.82) is 5.26 Å². The van der Waals surface area contributed by atoms with Crippen LogP contribution in [0.3, 0.4) is 0 Å². The van der Waals surface area contributed by atoms with Crippen molar-refractivity contribution in [3.63, 3.8) is 0 Å². The zero-order valence-corrected chi connectivity index (χ0v) is 10.0. The SMILES string of the molecule is CN(CCC#N)CC(=O)NCc1ccccc1. The van der Waals surface area contributed by atoms with Crippen LogP contribution in [0.25, 0.3) is 0 Å². The van der Waals surface area contributed by atoms with Crippen LogP contribution >= 0.6 is 0 Å². The van der Waals surface area contributed by atoms with Crippen molar-refractivity contribution in [1.82, 2.24) is 10.2 Å². The van der Waals surface area contributed by atoms with Gasteiger partial charge in [0.15, 0.2) is 0 Å². The van der Waals surface area contributed by atoms with E-state index in [0.29, 0.717) is 26.1 Å². The number of benzene rings is 1. The molecule has 17 heavy (non-hydrogen) atoms. The number of nitrogens with one attached hydrogen (secondary N) is 1. The Balaban J connectivity index is 2.24. The van der Waals surface area contributed by atoms with Crippen LogP contribution in [0.2, 0.25) is 0 Å². The average Bonchev–Trinajstić information content (AvgIpc) is 2.35. The molecule has 0 aliphatic heterocycles. The van der Waals surface area contributed by atoms with Crippen molar-refractivity contribution < 1.29 is 4.79 Å². The highest BCUT2D eigenvalue weighted by atomic mass is 16.2. The smallest absolute Gasteiger partial charge is 0.234 e. The van der Waals surface area contributed by atoms with E-state index < -0.39 is 0 Å². The van der Waals surface area contributed by atoms with Gasteiger partial charge in [0.25, 0.3) is 0 Å². The van der Waals surface area contributed by atoms with E-state index in [2.05, 4.69) is 11.4 Å². The van der Waals surface area contributed by atoms with E-state index in [0.717, 1.165) is 5.56 Å². The lowest BCUT2D eigenvalue weighted by molar-refractivity contribution is -0.122. The molecule has 0 aliphatic rings. The molecule has 0 unspecified atom stereocenters. The summed E-state index contributed by atoms with van der Waals surface area (Å²) in [7, 11) is 1.83. The third kappa shape index (κ3) is 5.69. The second kappa shape index (κ2) is 7.42. The number of likely N-dealkylation sites (N-methyl/N-ethyl adjacent to an activating group) is 1. The van der Waals surface area contributed by atoms with Gasteiger partial charge in [0.2, 0.25) is 5.91 Å². The summed E-state index contributed by atoms with van der Waals surface area (Å²) in [6.45, 7) is 1.50. The van der Waals surface area contributed by atoms with Crippen LogP contribution in [0.4, 0.5) is 0 Å². The van der Waals surface area contributed by atoms with Gasteiger partial charge in [0, 0.05) is 19.5 Å².